The smallest absolute Gasteiger partial charge is 0.263 e. The van der Waals surface area contributed by atoms with Crippen molar-refractivity contribution >= 4 is 11.6 Å². The van der Waals surface area contributed by atoms with E-state index in [2.05, 4.69) is 5.32 Å². The minimum Gasteiger partial charge on any atom is -0.367 e. The van der Waals surface area contributed by atoms with E-state index in [0.29, 0.717) is 11.3 Å². The van der Waals surface area contributed by atoms with Crippen LogP contribution in [-0.4, -0.2) is 13.0 Å². The number of carbonyl (C=O) groups excluding carboxylic acids is 1. The highest BCUT2D eigenvalue weighted by molar-refractivity contribution is 5.94. The van der Waals surface area contributed by atoms with E-state index in [1.807, 2.05) is 6.07 Å². The Morgan fingerprint density at radius 2 is 1.71 bits per heavy atom. The molecule has 0 heterocycles. The van der Waals surface area contributed by atoms with E-state index in [0.717, 1.165) is 0 Å². The fraction of sp³-hybridized carbons (Fsp3) is 0.188. The van der Waals surface area contributed by atoms with E-state index in [9.17, 15) is 13.6 Å². The predicted octanol–water partition coefficient (Wildman–Crippen LogP) is 3.95. The fourth-order valence-corrected chi connectivity index (χ4v) is 1.98. The van der Waals surface area contributed by atoms with Gasteiger partial charge in [0.1, 0.15) is 0 Å². The first-order chi connectivity index (χ1) is 10.1. The molecule has 3 nitrogen and oxygen atoms in total. The van der Waals surface area contributed by atoms with E-state index < -0.39 is 18.4 Å². The van der Waals surface area contributed by atoms with Gasteiger partial charge in [-0.15, -0.1) is 0 Å². The number of hydrogen-bond acceptors (Lipinski definition) is 2. The predicted molar refractivity (Wildman–Crippen MR) is 76.2 cm³/mol. The van der Waals surface area contributed by atoms with Gasteiger partial charge < -0.3 is 10.1 Å². The standard InChI is InChI=1S/C16H15F2NO2/c1-21-14(11-6-3-2-4-7-11)16(20)19-13-9-5-8-12(10-13)15(17)18/h2-10,14-15H,1H3,(H,19,20). The Morgan fingerprint density at radius 3 is 2.33 bits per heavy atom. The van der Waals surface area contributed by atoms with Crippen molar-refractivity contribution in [3.63, 3.8) is 0 Å². The van der Waals surface area contributed by atoms with Crippen LogP contribution in [0.2, 0.25) is 0 Å². The second-order valence-electron chi connectivity index (χ2n) is 4.44. The third kappa shape index (κ3) is 3.86. The van der Waals surface area contributed by atoms with Crippen LogP contribution in [0.25, 0.3) is 0 Å². The quantitative estimate of drug-likeness (QED) is 0.905. The van der Waals surface area contributed by atoms with Gasteiger partial charge in [0.25, 0.3) is 12.3 Å². The molecule has 0 fully saturated rings. The lowest BCUT2D eigenvalue weighted by Crippen LogP contribution is -2.22. The van der Waals surface area contributed by atoms with Crippen LogP contribution in [0, 0.1) is 0 Å². The molecule has 1 amide bonds. The number of anilines is 1. The summed E-state index contributed by atoms with van der Waals surface area (Å²) in [5, 5.41) is 2.59. The Hall–Kier alpha value is -2.27. The van der Waals surface area contributed by atoms with Crippen LogP contribution in [0.1, 0.15) is 23.7 Å². The first kappa shape index (κ1) is 15.1. The first-order valence-corrected chi connectivity index (χ1v) is 6.38. The number of rotatable bonds is 5. The molecule has 0 saturated heterocycles. The minimum absolute atomic E-state index is 0.138. The van der Waals surface area contributed by atoms with Crippen molar-refractivity contribution in [3.05, 3.63) is 65.7 Å². The third-order valence-electron chi connectivity index (χ3n) is 2.98. The van der Waals surface area contributed by atoms with E-state index >= 15 is 0 Å². The Labute approximate surface area is 121 Å². The molecule has 0 aliphatic rings. The van der Waals surface area contributed by atoms with Crippen molar-refractivity contribution < 1.29 is 18.3 Å². The van der Waals surface area contributed by atoms with Gasteiger partial charge in [-0.2, -0.15) is 0 Å². The molecule has 1 unspecified atom stereocenters. The number of carbonyl (C=O) groups is 1. The van der Waals surface area contributed by atoms with Crippen molar-refractivity contribution in [2.45, 2.75) is 12.5 Å². The zero-order valence-electron chi connectivity index (χ0n) is 11.4. The molecule has 110 valence electrons. The Morgan fingerprint density at radius 1 is 1.05 bits per heavy atom. The lowest BCUT2D eigenvalue weighted by atomic mass is 10.1. The van der Waals surface area contributed by atoms with Gasteiger partial charge in [0.2, 0.25) is 0 Å². The maximum absolute atomic E-state index is 12.6. The number of alkyl halides is 2. The number of amides is 1. The molecule has 1 atom stereocenters. The largest absolute Gasteiger partial charge is 0.367 e. The Bertz CT molecular complexity index is 602. The van der Waals surface area contributed by atoms with Gasteiger partial charge in [-0.05, 0) is 17.7 Å². The van der Waals surface area contributed by atoms with Gasteiger partial charge in [0.15, 0.2) is 6.10 Å². The number of ether oxygens (including phenoxy) is 1. The van der Waals surface area contributed by atoms with Crippen LogP contribution in [-0.2, 0) is 9.53 Å². The summed E-state index contributed by atoms with van der Waals surface area (Å²) in [5.74, 6) is -0.407. The normalized spacial score (nSPS) is 12.2. The molecule has 0 aliphatic carbocycles. The highest BCUT2D eigenvalue weighted by atomic mass is 19.3. The van der Waals surface area contributed by atoms with Gasteiger partial charge in [0, 0.05) is 18.4 Å². The summed E-state index contributed by atoms with van der Waals surface area (Å²) in [6.07, 6.45) is -3.37. The number of halogens is 2. The number of methoxy groups -OCH3 is 1. The molecule has 0 spiro atoms. The third-order valence-corrected chi connectivity index (χ3v) is 2.98. The average molecular weight is 291 g/mol. The second-order valence-corrected chi connectivity index (χ2v) is 4.44. The monoisotopic (exact) mass is 291 g/mol. The van der Waals surface area contributed by atoms with Crippen LogP contribution >= 0.6 is 0 Å². The van der Waals surface area contributed by atoms with Crippen molar-refractivity contribution in [1.82, 2.24) is 0 Å². The van der Waals surface area contributed by atoms with Crippen LogP contribution in [0.5, 0.6) is 0 Å². The summed E-state index contributed by atoms with van der Waals surface area (Å²) >= 11 is 0. The maximum Gasteiger partial charge on any atom is 0.263 e. The zero-order valence-corrected chi connectivity index (χ0v) is 11.4. The topological polar surface area (TPSA) is 38.3 Å². The van der Waals surface area contributed by atoms with Crippen molar-refractivity contribution in [1.29, 1.82) is 0 Å². The minimum atomic E-state index is -2.57. The summed E-state index contributed by atoms with van der Waals surface area (Å²) < 4.78 is 30.5. The number of nitrogens with one attached hydrogen (secondary N) is 1. The van der Waals surface area contributed by atoms with E-state index in [1.54, 1.807) is 30.3 Å². The summed E-state index contributed by atoms with van der Waals surface area (Å²) in [4.78, 5) is 12.2. The van der Waals surface area contributed by atoms with E-state index in [-0.39, 0.29) is 5.56 Å². The summed E-state index contributed by atoms with van der Waals surface area (Å²) in [6.45, 7) is 0. The van der Waals surface area contributed by atoms with Crippen molar-refractivity contribution in [2.75, 3.05) is 12.4 Å². The molecular weight excluding hydrogens is 276 g/mol. The van der Waals surface area contributed by atoms with Gasteiger partial charge in [0.05, 0.1) is 0 Å². The Balaban J connectivity index is 2.15. The molecule has 2 aromatic rings. The van der Waals surface area contributed by atoms with Crippen molar-refractivity contribution in [2.24, 2.45) is 0 Å². The molecular formula is C16H15F2NO2. The molecule has 2 rings (SSSR count). The second kappa shape index (κ2) is 6.95. The SMILES string of the molecule is COC(C(=O)Nc1cccc(C(F)F)c1)c1ccccc1. The summed E-state index contributed by atoms with van der Waals surface area (Å²) in [6, 6.07) is 14.6. The lowest BCUT2D eigenvalue weighted by molar-refractivity contribution is -0.126. The summed E-state index contributed by atoms with van der Waals surface area (Å²) in [5.41, 5.74) is 0.875. The molecule has 0 aliphatic heterocycles. The number of benzene rings is 2. The highest BCUT2D eigenvalue weighted by Crippen LogP contribution is 2.23. The van der Waals surface area contributed by atoms with Crippen molar-refractivity contribution in [3.8, 4) is 0 Å². The molecule has 21 heavy (non-hydrogen) atoms. The van der Waals surface area contributed by atoms with Crippen LogP contribution < -0.4 is 5.32 Å². The molecule has 2 aromatic carbocycles. The molecule has 0 radical (unpaired) electrons. The van der Waals surface area contributed by atoms with Crippen LogP contribution in [0.4, 0.5) is 14.5 Å². The van der Waals surface area contributed by atoms with Crippen LogP contribution in [0.15, 0.2) is 54.6 Å². The molecule has 5 heteroatoms. The van der Waals surface area contributed by atoms with Gasteiger partial charge in [-0.25, -0.2) is 8.78 Å². The molecule has 1 N–H and O–H groups in total. The maximum atomic E-state index is 12.6. The van der Waals surface area contributed by atoms with E-state index in [1.165, 1.54) is 25.3 Å². The van der Waals surface area contributed by atoms with Gasteiger partial charge in [-0.3, -0.25) is 4.79 Å². The zero-order chi connectivity index (χ0) is 15.2. The average Bonchev–Trinajstić information content (AvgIpc) is 2.49. The first-order valence-electron chi connectivity index (χ1n) is 6.38. The molecule has 0 saturated carbocycles. The summed E-state index contributed by atoms with van der Waals surface area (Å²) in [7, 11) is 1.42. The molecule has 0 bridgehead atoms. The Kier molecular flexibility index (Phi) is 5.00. The molecule has 0 aromatic heterocycles. The van der Waals surface area contributed by atoms with Crippen LogP contribution in [0.3, 0.4) is 0 Å². The van der Waals surface area contributed by atoms with Gasteiger partial charge >= 0.3 is 0 Å². The van der Waals surface area contributed by atoms with Gasteiger partial charge in [-0.1, -0.05) is 42.5 Å². The van der Waals surface area contributed by atoms with E-state index in [4.69, 9.17) is 4.74 Å². The fourth-order valence-electron chi connectivity index (χ4n) is 1.98. The highest BCUT2D eigenvalue weighted by Gasteiger charge is 2.20. The lowest BCUT2D eigenvalue weighted by Gasteiger charge is -2.16. The number of hydrogen-bond donors (Lipinski definition) is 1.